The first-order chi connectivity index (χ1) is 6.40. The molecule has 0 saturated carbocycles. The molecule has 0 amide bonds. The molecule has 0 fully saturated rings. The van der Waals surface area contributed by atoms with Gasteiger partial charge in [-0.3, -0.25) is 0 Å². The normalized spacial score (nSPS) is 9.92. The van der Waals surface area contributed by atoms with E-state index >= 15 is 0 Å². The Morgan fingerprint density at radius 3 is 2.54 bits per heavy atom. The third kappa shape index (κ3) is 1.54. The van der Waals surface area contributed by atoms with Gasteiger partial charge < -0.3 is 4.74 Å². The van der Waals surface area contributed by atoms with Crippen LogP contribution in [0.2, 0.25) is 0 Å². The Balaban J connectivity index is 2.36. The molecule has 3 heteroatoms. The van der Waals surface area contributed by atoms with Crippen LogP contribution in [0.1, 0.15) is 0 Å². The lowest BCUT2D eigenvalue weighted by Crippen LogP contribution is -1.93. The molecule has 1 radical (unpaired) electrons. The second-order valence-corrected chi connectivity index (χ2v) is 2.58. The number of benzene rings is 1. The summed E-state index contributed by atoms with van der Waals surface area (Å²) in [6.07, 6.45) is 1.83. The molecule has 2 aromatic rings. The van der Waals surface area contributed by atoms with E-state index in [0.29, 0.717) is 5.88 Å². The van der Waals surface area contributed by atoms with Gasteiger partial charge in [0.05, 0.1) is 5.69 Å². The summed E-state index contributed by atoms with van der Waals surface area (Å²) in [5.41, 5.74) is 1.01. The first-order valence-corrected chi connectivity index (χ1v) is 3.93. The molecule has 13 heavy (non-hydrogen) atoms. The van der Waals surface area contributed by atoms with E-state index in [0.717, 1.165) is 5.69 Å². The molecule has 65 valence electrons. The standard InChI is InChI=1S/C10H9N2O/c1-13-10-7-8-12(11-10)9-5-3-2-4-6-9/h2-8H,1H2. The van der Waals surface area contributed by atoms with Gasteiger partial charge in [0.2, 0.25) is 5.88 Å². The lowest BCUT2D eigenvalue weighted by atomic mass is 10.3. The van der Waals surface area contributed by atoms with Crippen LogP contribution in [0.3, 0.4) is 0 Å². The summed E-state index contributed by atoms with van der Waals surface area (Å²) in [7, 11) is 3.29. The van der Waals surface area contributed by atoms with Crippen LogP contribution in [0.15, 0.2) is 42.6 Å². The van der Waals surface area contributed by atoms with Gasteiger partial charge in [-0.15, -0.1) is 5.10 Å². The van der Waals surface area contributed by atoms with E-state index in [1.807, 2.05) is 36.5 Å². The minimum atomic E-state index is 0.517. The second kappa shape index (κ2) is 3.31. The molecule has 0 saturated heterocycles. The molecule has 1 aromatic carbocycles. The fraction of sp³-hybridized carbons (Fsp3) is 0. The maximum Gasteiger partial charge on any atom is 0.233 e. The summed E-state index contributed by atoms with van der Waals surface area (Å²) in [6, 6.07) is 11.6. The van der Waals surface area contributed by atoms with E-state index in [9.17, 15) is 0 Å². The van der Waals surface area contributed by atoms with Gasteiger partial charge in [0.1, 0.15) is 7.11 Å². The third-order valence-corrected chi connectivity index (χ3v) is 1.73. The van der Waals surface area contributed by atoms with Crippen molar-refractivity contribution in [1.82, 2.24) is 9.78 Å². The van der Waals surface area contributed by atoms with Gasteiger partial charge in [0.15, 0.2) is 0 Å². The van der Waals surface area contributed by atoms with Crippen molar-refractivity contribution in [3.05, 3.63) is 49.7 Å². The predicted molar refractivity (Wildman–Crippen MR) is 49.5 cm³/mol. The van der Waals surface area contributed by atoms with Crippen LogP contribution in [0.5, 0.6) is 5.88 Å². The lowest BCUT2D eigenvalue weighted by Gasteiger charge is -1.98. The number of hydrogen-bond donors (Lipinski definition) is 0. The molecule has 3 nitrogen and oxygen atoms in total. The van der Waals surface area contributed by atoms with Crippen LogP contribution < -0.4 is 4.74 Å². The Hall–Kier alpha value is -1.77. The summed E-state index contributed by atoms with van der Waals surface area (Å²) in [6.45, 7) is 0. The van der Waals surface area contributed by atoms with Gasteiger partial charge in [-0.1, -0.05) is 18.2 Å². The van der Waals surface area contributed by atoms with E-state index in [2.05, 4.69) is 12.2 Å². The minimum Gasteiger partial charge on any atom is -0.473 e. The van der Waals surface area contributed by atoms with Crippen LogP contribution >= 0.6 is 0 Å². The van der Waals surface area contributed by atoms with Gasteiger partial charge >= 0.3 is 0 Å². The van der Waals surface area contributed by atoms with Crippen molar-refractivity contribution in [2.24, 2.45) is 0 Å². The van der Waals surface area contributed by atoms with Crippen molar-refractivity contribution in [2.75, 3.05) is 0 Å². The monoisotopic (exact) mass is 173 g/mol. The van der Waals surface area contributed by atoms with E-state index in [1.165, 1.54) is 0 Å². The van der Waals surface area contributed by atoms with Gasteiger partial charge in [0.25, 0.3) is 0 Å². The molecule has 1 aromatic heterocycles. The van der Waals surface area contributed by atoms with E-state index in [1.54, 1.807) is 10.7 Å². The smallest absolute Gasteiger partial charge is 0.233 e. The summed E-state index contributed by atoms with van der Waals surface area (Å²) >= 11 is 0. The van der Waals surface area contributed by atoms with Crippen LogP contribution in [-0.2, 0) is 0 Å². The van der Waals surface area contributed by atoms with Crippen molar-refractivity contribution in [1.29, 1.82) is 0 Å². The number of ether oxygens (including phenoxy) is 1. The summed E-state index contributed by atoms with van der Waals surface area (Å²) in [4.78, 5) is 0. The molecule has 0 aliphatic rings. The number of rotatable bonds is 2. The number of hydrogen-bond acceptors (Lipinski definition) is 2. The highest BCUT2D eigenvalue weighted by Gasteiger charge is 1.98. The molecule has 0 aliphatic carbocycles. The number of nitrogens with zero attached hydrogens (tertiary/aromatic N) is 2. The fourth-order valence-electron chi connectivity index (χ4n) is 1.11. The van der Waals surface area contributed by atoms with Crippen molar-refractivity contribution in [3.8, 4) is 11.6 Å². The Morgan fingerprint density at radius 2 is 1.92 bits per heavy atom. The molecule has 0 bridgehead atoms. The average Bonchev–Trinajstić information content (AvgIpc) is 2.67. The average molecular weight is 173 g/mol. The molecule has 0 atom stereocenters. The number of para-hydroxylation sites is 1. The van der Waals surface area contributed by atoms with Gasteiger partial charge in [-0.25, -0.2) is 4.68 Å². The molecule has 1 heterocycles. The van der Waals surface area contributed by atoms with Gasteiger partial charge in [-0.05, 0) is 12.1 Å². The van der Waals surface area contributed by atoms with Crippen LogP contribution in [0, 0.1) is 7.11 Å². The Kier molecular flexibility index (Phi) is 2.00. The third-order valence-electron chi connectivity index (χ3n) is 1.73. The van der Waals surface area contributed by atoms with Gasteiger partial charge in [0, 0.05) is 12.3 Å². The van der Waals surface area contributed by atoms with E-state index < -0.39 is 0 Å². The van der Waals surface area contributed by atoms with Crippen molar-refractivity contribution < 1.29 is 4.74 Å². The molecule has 0 unspecified atom stereocenters. The molecule has 2 rings (SSSR count). The molecule has 0 aliphatic heterocycles. The topological polar surface area (TPSA) is 27.1 Å². The Morgan fingerprint density at radius 1 is 1.15 bits per heavy atom. The summed E-state index contributed by atoms with van der Waals surface area (Å²) < 4.78 is 6.47. The Bertz CT molecular complexity index is 381. The van der Waals surface area contributed by atoms with Crippen LogP contribution in [0.4, 0.5) is 0 Å². The largest absolute Gasteiger partial charge is 0.473 e. The zero-order valence-electron chi connectivity index (χ0n) is 7.05. The van der Waals surface area contributed by atoms with E-state index in [-0.39, 0.29) is 0 Å². The second-order valence-electron chi connectivity index (χ2n) is 2.58. The minimum absolute atomic E-state index is 0.517. The van der Waals surface area contributed by atoms with Gasteiger partial charge in [-0.2, -0.15) is 0 Å². The van der Waals surface area contributed by atoms with Crippen LogP contribution in [-0.4, -0.2) is 9.78 Å². The highest BCUT2D eigenvalue weighted by atomic mass is 16.5. The first-order valence-electron chi connectivity index (χ1n) is 3.93. The molecular weight excluding hydrogens is 164 g/mol. The highest BCUT2D eigenvalue weighted by Crippen LogP contribution is 2.10. The maximum absolute atomic E-state index is 4.73. The van der Waals surface area contributed by atoms with Crippen molar-refractivity contribution in [3.63, 3.8) is 0 Å². The molecule has 0 N–H and O–H groups in total. The predicted octanol–water partition coefficient (Wildman–Crippen LogP) is 2.04. The lowest BCUT2D eigenvalue weighted by molar-refractivity contribution is 0.448. The van der Waals surface area contributed by atoms with Crippen LogP contribution in [0.25, 0.3) is 5.69 Å². The Labute approximate surface area is 76.6 Å². The maximum atomic E-state index is 4.73. The summed E-state index contributed by atoms with van der Waals surface area (Å²) in [5.74, 6) is 0.517. The fourth-order valence-corrected chi connectivity index (χ4v) is 1.11. The zero-order chi connectivity index (χ0) is 9.10. The SMILES string of the molecule is [CH2]Oc1ccn(-c2ccccc2)n1. The van der Waals surface area contributed by atoms with Crippen molar-refractivity contribution >= 4 is 0 Å². The zero-order valence-corrected chi connectivity index (χ0v) is 7.05. The number of aromatic nitrogens is 2. The van der Waals surface area contributed by atoms with Crippen molar-refractivity contribution in [2.45, 2.75) is 0 Å². The quantitative estimate of drug-likeness (QED) is 0.694. The molecular formula is C10H9N2O. The van der Waals surface area contributed by atoms with E-state index in [4.69, 9.17) is 4.74 Å². The first kappa shape index (κ1) is 7.86. The highest BCUT2D eigenvalue weighted by molar-refractivity contribution is 5.31. The summed E-state index contributed by atoms with van der Waals surface area (Å²) in [5, 5.41) is 4.13. The molecule has 0 spiro atoms.